The number of esters is 1. The summed E-state index contributed by atoms with van der Waals surface area (Å²) in [5, 5.41) is 5.25. The van der Waals surface area contributed by atoms with Gasteiger partial charge in [0.25, 0.3) is 5.56 Å². The number of aromatic nitrogens is 4. The summed E-state index contributed by atoms with van der Waals surface area (Å²) < 4.78 is 17.5. The molecule has 53 heavy (non-hydrogen) atoms. The molecule has 3 heterocycles. The number of carbonyl (C=O) groups is 4. The van der Waals surface area contributed by atoms with E-state index in [1.807, 2.05) is 30.3 Å². The normalized spacial score (nSPS) is 11.8. The number of amides is 2. The molecule has 5 rings (SSSR count). The van der Waals surface area contributed by atoms with Gasteiger partial charge in [-0.3, -0.25) is 34.0 Å². The van der Waals surface area contributed by atoms with Gasteiger partial charge in [0.05, 0.1) is 18.8 Å². The Balaban J connectivity index is 1.37. The van der Waals surface area contributed by atoms with Crippen LogP contribution in [0.2, 0.25) is 0 Å². The fourth-order valence-corrected chi connectivity index (χ4v) is 5.36. The van der Waals surface area contributed by atoms with Gasteiger partial charge in [-0.25, -0.2) is 14.8 Å². The van der Waals surface area contributed by atoms with Crippen molar-refractivity contribution in [2.45, 2.75) is 51.5 Å². The summed E-state index contributed by atoms with van der Waals surface area (Å²) >= 11 is 0. The summed E-state index contributed by atoms with van der Waals surface area (Å²) in [5.74, 6) is -1.24. The highest BCUT2D eigenvalue weighted by atomic mass is 16.6. The Labute approximate surface area is 305 Å². The maximum Gasteiger partial charge on any atom is 0.412 e. The average molecular weight is 719 g/mol. The minimum absolute atomic E-state index is 0.0154. The first-order chi connectivity index (χ1) is 25.8. The summed E-state index contributed by atoms with van der Waals surface area (Å²) in [7, 11) is 0. The van der Waals surface area contributed by atoms with Gasteiger partial charge in [0.15, 0.2) is 11.9 Å². The number of anilines is 1. The summed E-state index contributed by atoms with van der Waals surface area (Å²) in [6.07, 6.45) is 4.06. The van der Waals surface area contributed by atoms with Crippen LogP contribution in [0.4, 0.5) is 10.5 Å². The predicted molar refractivity (Wildman–Crippen MR) is 194 cm³/mol. The quantitative estimate of drug-likeness (QED) is 0.102. The number of nitrogens with zero attached hydrogens (tertiary/aromatic N) is 4. The number of ketones is 1. The lowest BCUT2D eigenvalue weighted by molar-refractivity contribution is -0.155. The Morgan fingerprint density at radius 2 is 1.55 bits per heavy atom. The Bertz CT molecular complexity index is 2030. The Kier molecular flexibility index (Phi) is 13.5. The van der Waals surface area contributed by atoms with Crippen molar-refractivity contribution >= 4 is 29.4 Å². The topological polar surface area (TPSA) is 181 Å². The van der Waals surface area contributed by atoms with Crippen molar-refractivity contribution in [3.8, 4) is 17.3 Å². The molecule has 0 radical (unpaired) electrons. The van der Waals surface area contributed by atoms with Gasteiger partial charge in [-0.1, -0.05) is 66.7 Å². The number of rotatable bonds is 17. The van der Waals surface area contributed by atoms with Gasteiger partial charge in [-0.15, -0.1) is 0 Å². The Hall–Kier alpha value is -6.70. The van der Waals surface area contributed by atoms with E-state index in [-0.39, 0.29) is 37.6 Å². The smallest absolute Gasteiger partial charge is 0.412 e. The molecule has 5 aromatic rings. The van der Waals surface area contributed by atoms with Crippen molar-refractivity contribution in [1.29, 1.82) is 0 Å². The van der Waals surface area contributed by atoms with Crippen LogP contribution in [-0.2, 0) is 43.4 Å². The first-order valence-corrected chi connectivity index (χ1v) is 16.8. The van der Waals surface area contributed by atoms with E-state index in [0.717, 1.165) is 10.1 Å². The zero-order chi connectivity index (χ0) is 37.4. The van der Waals surface area contributed by atoms with Crippen LogP contribution < -0.4 is 20.9 Å². The van der Waals surface area contributed by atoms with Crippen LogP contribution in [-0.4, -0.2) is 62.0 Å². The maximum absolute atomic E-state index is 13.9. The van der Waals surface area contributed by atoms with Gasteiger partial charge in [0, 0.05) is 43.6 Å². The van der Waals surface area contributed by atoms with Gasteiger partial charge in [-0.05, 0) is 42.2 Å². The van der Waals surface area contributed by atoms with Gasteiger partial charge >= 0.3 is 12.1 Å². The van der Waals surface area contributed by atoms with Crippen molar-refractivity contribution in [2.24, 2.45) is 0 Å². The summed E-state index contributed by atoms with van der Waals surface area (Å²) in [5.41, 5.74) is 1.04. The van der Waals surface area contributed by atoms with Crippen LogP contribution in [0.3, 0.4) is 0 Å². The highest BCUT2D eigenvalue weighted by molar-refractivity contribution is 5.87. The maximum atomic E-state index is 13.9. The van der Waals surface area contributed by atoms with E-state index in [1.165, 1.54) is 13.1 Å². The molecule has 2 N–H and O–H groups in total. The van der Waals surface area contributed by atoms with E-state index in [0.29, 0.717) is 23.4 Å². The van der Waals surface area contributed by atoms with Crippen molar-refractivity contribution in [1.82, 2.24) is 24.8 Å². The molecule has 14 nitrogen and oxygen atoms in total. The van der Waals surface area contributed by atoms with Gasteiger partial charge in [0.2, 0.25) is 11.8 Å². The second kappa shape index (κ2) is 19.1. The summed E-state index contributed by atoms with van der Waals surface area (Å²) in [6, 6.07) is 25.4. The first-order valence-electron chi connectivity index (χ1n) is 16.8. The van der Waals surface area contributed by atoms with Crippen LogP contribution in [0.15, 0.2) is 121 Å². The average Bonchev–Trinajstić information content (AvgIpc) is 3.17. The number of hydrogen-bond donors (Lipinski definition) is 2. The van der Waals surface area contributed by atoms with Crippen LogP contribution >= 0.6 is 0 Å². The van der Waals surface area contributed by atoms with Crippen LogP contribution in [0.25, 0.3) is 11.4 Å². The zero-order valence-corrected chi connectivity index (χ0v) is 28.9. The van der Waals surface area contributed by atoms with E-state index < -0.39 is 48.0 Å². The molecule has 0 bridgehead atoms. The molecule has 0 spiro atoms. The molecular formula is C39H38N6O8. The molecule has 0 unspecified atom stereocenters. The van der Waals surface area contributed by atoms with E-state index in [9.17, 15) is 24.0 Å². The van der Waals surface area contributed by atoms with Gasteiger partial charge < -0.3 is 19.5 Å². The lowest BCUT2D eigenvalue weighted by Crippen LogP contribution is -2.51. The fourth-order valence-electron chi connectivity index (χ4n) is 5.36. The Morgan fingerprint density at radius 3 is 2.25 bits per heavy atom. The van der Waals surface area contributed by atoms with E-state index in [4.69, 9.17) is 14.2 Å². The monoisotopic (exact) mass is 718 g/mol. The molecule has 2 atom stereocenters. The standard InChI is InChI=1S/C39H38N6O8/c1-27(46)53-36(33(47)15-10-22-51-35-16-8-9-19-41-35)31(23-28-11-4-2-5-12-28)43-34(48)25-45-37(30-13-6-3-7-14-30)42-24-32(38(45)49)44-39(50)52-26-29-17-20-40-21-18-29/h2-9,11-14,16-21,24,31,36H,10,15,22-23,25-26H2,1H3,(H,43,48)(H,44,50)/t31-,36+/m0/s1. The predicted octanol–water partition coefficient (Wildman–Crippen LogP) is 4.54. The lowest BCUT2D eigenvalue weighted by atomic mass is 9.96. The van der Waals surface area contributed by atoms with E-state index >= 15 is 0 Å². The third kappa shape index (κ3) is 11.4. The number of benzene rings is 2. The summed E-state index contributed by atoms with van der Waals surface area (Å²) in [4.78, 5) is 78.7. The van der Waals surface area contributed by atoms with E-state index in [1.54, 1.807) is 79.3 Å². The fraction of sp³-hybridized carbons (Fsp3) is 0.231. The number of pyridine rings is 2. The molecule has 272 valence electrons. The molecule has 0 aliphatic carbocycles. The summed E-state index contributed by atoms with van der Waals surface area (Å²) in [6.45, 7) is 0.749. The minimum Gasteiger partial charge on any atom is -0.478 e. The van der Waals surface area contributed by atoms with Crippen molar-refractivity contribution in [2.75, 3.05) is 11.9 Å². The molecular weight excluding hydrogens is 680 g/mol. The second-order valence-corrected chi connectivity index (χ2v) is 11.8. The highest BCUT2D eigenvalue weighted by Gasteiger charge is 2.33. The zero-order valence-electron chi connectivity index (χ0n) is 28.9. The molecule has 0 aliphatic heterocycles. The van der Waals surface area contributed by atoms with Crippen LogP contribution in [0, 0.1) is 0 Å². The van der Waals surface area contributed by atoms with Crippen molar-refractivity contribution in [3.05, 3.63) is 137 Å². The number of ether oxygens (including phenoxy) is 3. The molecule has 2 aromatic carbocycles. The molecule has 0 saturated heterocycles. The third-order valence-corrected chi connectivity index (χ3v) is 7.81. The minimum atomic E-state index is -1.35. The van der Waals surface area contributed by atoms with E-state index in [2.05, 4.69) is 25.6 Å². The molecule has 0 aliphatic rings. The second-order valence-electron chi connectivity index (χ2n) is 11.8. The number of nitrogens with one attached hydrogen (secondary N) is 2. The van der Waals surface area contributed by atoms with Crippen LogP contribution in [0.5, 0.6) is 5.88 Å². The molecule has 0 saturated carbocycles. The van der Waals surface area contributed by atoms with Crippen molar-refractivity contribution < 1.29 is 33.4 Å². The first kappa shape index (κ1) is 37.6. The lowest BCUT2D eigenvalue weighted by Gasteiger charge is -2.27. The van der Waals surface area contributed by atoms with Gasteiger partial charge in [-0.2, -0.15) is 0 Å². The molecule has 2 amide bonds. The largest absolute Gasteiger partial charge is 0.478 e. The highest BCUT2D eigenvalue weighted by Crippen LogP contribution is 2.18. The molecule has 14 heteroatoms. The molecule has 0 fully saturated rings. The Morgan fingerprint density at radius 1 is 0.830 bits per heavy atom. The van der Waals surface area contributed by atoms with Crippen LogP contribution in [0.1, 0.15) is 30.9 Å². The SMILES string of the molecule is CC(=O)O[C@@H](C(=O)CCCOc1ccccn1)[C@H](Cc1ccccc1)NC(=O)Cn1c(-c2ccccc2)ncc(NC(=O)OCc2ccncc2)c1=O. The molecule has 3 aromatic heterocycles. The van der Waals surface area contributed by atoms with Crippen molar-refractivity contribution in [3.63, 3.8) is 0 Å². The number of Topliss-reactive ketones (excluding diaryl/α,β-unsaturated/α-hetero) is 1. The number of hydrogen-bond acceptors (Lipinski definition) is 11. The third-order valence-electron chi connectivity index (χ3n) is 7.81. The number of carbonyl (C=O) groups excluding carboxylic acids is 4. The van der Waals surface area contributed by atoms with Gasteiger partial charge in [0.1, 0.15) is 24.7 Å².